The van der Waals surface area contributed by atoms with Gasteiger partial charge in [0.2, 0.25) is 0 Å². The highest BCUT2D eigenvalue weighted by atomic mass is 79.9. The molecule has 6 heteroatoms. The summed E-state index contributed by atoms with van der Waals surface area (Å²) >= 11 is 3.47. The summed E-state index contributed by atoms with van der Waals surface area (Å²) < 4.78 is 11.4. The molecule has 0 spiro atoms. The third-order valence-electron chi connectivity index (χ3n) is 4.24. The van der Waals surface area contributed by atoms with Crippen molar-refractivity contribution in [3.63, 3.8) is 0 Å². The highest BCUT2D eigenvalue weighted by Crippen LogP contribution is 2.37. The van der Waals surface area contributed by atoms with Crippen molar-refractivity contribution in [1.82, 2.24) is 9.97 Å². The minimum absolute atomic E-state index is 0.440. The van der Waals surface area contributed by atoms with Crippen LogP contribution < -0.4 is 9.47 Å². The molecule has 0 aliphatic carbocycles. The van der Waals surface area contributed by atoms with Gasteiger partial charge in [0, 0.05) is 0 Å². The maximum absolute atomic E-state index is 9.63. The van der Waals surface area contributed by atoms with Crippen molar-refractivity contribution in [3.05, 3.63) is 51.3 Å². The number of nitriles is 1. The van der Waals surface area contributed by atoms with Crippen LogP contribution in [0.2, 0.25) is 0 Å². The smallest absolute Gasteiger partial charge is 0.174 e. The number of aromatic amines is 1. The van der Waals surface area contributed by atoms with E-state index in [1.54, 1.807) is 20.3 Å². The molecular formula is C20H18BrN3O2. The first-order chi connectivity index (χ1) is 12.5. The number of benzene rings is 2. The van der Waals surface area contributed by atoms with E-state index in [0.29, 0.717) is 22.9 Å². The van der Waals surface area contributed by atoms with E-state index in [-0.39, 0.29) is 0 Å². The number of nitrogens with one attached hydrogen (secondary N) is 1. The first kappa shape index (κ1) is 18.0. The molecule has 0 atom stereocenters. The van der Waals surface area contributed by atoms with Crippen molar-refractivity contribution in [1.29, 1.82) is 5.26 Å². The summed E-state index contributed by atoms with van der Waals surface area (Å²) in [5.41, 5.74) is 5.35. The number of nitrogens with zero attached hydrogens (tertiary/aromatic N) is 2. The monoisotopic (exact) mass is 411 g/mol. The van der Waals surface area contributed by atoms with E-state index in [0.717, 1.165) is 21.1 Å². The Morgan fingerprint density at radius 3 is 2.54 bits per heavy atom. The number of rotatable bonds is 4. The van der Waals surface area contributed by atoms with Crippen molar-refractivity contribution in [2.45, 2.75) is 13.8 Å². The largest absolute Gasteiger partial charge is 0.493 e. The Morgan fingerprint density at radius 1 is 1.15 bits per heavy atom. The Bertz CT molecular complexity index is 1020. The van der Waals surface area contributed by atoms with Gasteiger partial charge in [-0.3, -0.25) is 0 Å². The average Bonchev–Trinajstić information content (AvgIpc) is 3.01. The highest BCUT2D eigenvalue weighted by Gasteiger charge is 2.13. The minimum Gasteiger partial charge on any atom is -0.493 e. The zero-order valence-corrected chi connectivity index (χ0v) is 16.6. The van der Waals surface area contributed by atoms with Crippen molar-refractivity contribution < 1.29 is 9.47 Å². The number of hydrogen-bond acceptors (Lipinski definition) is 4. The molecule has 0 unspecified atom stereocenters. The molecule has 0 radical (unpaired) electrons. The third kappa shape index (κ3) is 3.31. The molecule has 3 rings (SSSR count). The molecule has 0 aliphatic rings. The van der Waals surface area contributed by atoms with E-state index >= 15 is 0 Å². The molecule has 0 aliphatic heterocycles. The zero-order valence-electron chi connectivity index (χ0n) is 15.0. The van der Waals surface area contributed by atoms with Gasteiger partial charge in [0.05, 0.1) is 35.3 Å². The maximum Gasteiger partial charge on any atom is 0.174 e. The molecule has 1 N–H and O–H groups in total. The van der Waals surface area contributed by atoms with Crippen LogP contribution in [0.3, 0.4) is 0 Å². The molecule has 0 saturated heterocycles. The fourth-order valence-electron chi connectivity index (χ4n) is 2.74. The van der Waals surface area contributed by atoms with Gasteiger partial charge in [0.25, 0.3) is 0 Å². The van der Waals surface area contributed by atoms with Crippen molar-refractivity contribution >= 4 is 38.6 Å². The van der Waals surface area contributed by atoms with Gasteiger partial charge in [0.1, 0.15) is 11.9 Å². The van der Waals surface area contributed by atoms with E-state index in [2.05, 4.69) is 38.9 Å². The van der Waals surface area contributed by atoms with Crippen molar-refractivity contribution in [2.24, 2.45) is 0 Å². The molecule has 1 aromatic heterocycles. The van der Waals surface area contributed by atoms with Gasteiger partial charge in [-0.05, 0) is 76.8 Å². The quantitative estimate of drug-likeness (QED) is 0.611. The van der Waals surface area contributed by atoms with Crippen molar-refractivity contribution in [3.8, 4) is 17.6 Å². The molecule has 5 nitrogen and oxygen atoms in total. The van der Waals surface area contributed by atoms with Crippen LogP contribution in [-0.4, -0.2) is 24.2 Å². The number of allylic oxidation sites excluding steroid dienone is 1. The SMILES string of the molecule is COc1cc(/C=C(/C#N)c2nc3cc(C)c(C)cc3[nH]2)cc(Br)c1OC. The normalized spacial score (nSPS) is 11.5. The Labute approximate surface area is 160 Å². The van der Waals surface area contributed by atoms with Gasteiger partial charge < -0.3 is 14.5 Å². The number of ether oxygens (including phenoxy) is 2. The number of fused-ring (bicyclic) bond motifs is 1. The number of halogens is 1. The maximum atomic E-state index is 9.63. The summed E-state index contributed by atoms with van der Waals surface area (Å²) in [6.07, 6.45) is 1.77. The molecule has 1 heterocycles. The summed E-state index contributed by atoms with van der Waals surface area (Å²) in [5, 5.41) is 9.63. The second-order valence-corrected chi connectivity index (χ2v) is 6.80. The zero-order chi connectivity index (χ0) is 18.8. The first-order valence-electron chi connectivity index (χ1n) is 7.97. The summed E-state index contributed by atoms with van der Waals surface area (Å²) in [7, 11) is 3.16. The molecule has 0 amide bonds. The summed E-state index contributed by atoms with van der Waals surface area (Å²) in [6.45, 7) is 4.10. The van der Waals surface area contributed by atoms with Gasteiger partial charge in [-0.15, -0.1) is 0 Å². The van der Waals surface area contributed by atoms with Crippen LogP contribution in [0.1, 0.15) is 22.5 Å². The lowest BCUT2D eigenvalue weighted by Gasteiger charge is -2.10. The predicted molar refractivity (Wildman–Crippen MR) is 106 cm³/mol. The van der Waals surface area contributed by atoms with Crippen molar-refractivity contribution in [2.75, 3.05) is 14.2 Å². The number of hydrogen-bond donors (Lipinski definition) is 1. The molecule has 132 valence electrons. The lowest BCUT2D eigenvalue weighted by Crippen LogP contribution is -1.93. The van der Waals surface area contributed by atoms with Gasteiger partial charge >= 0.3 is 0 Å². The van der Waals surface area contributed by atoms with E-state index in [1.807, 2.05) is 31.2 Å². The highest BCUT2D eigenvalue weighted by molar-refractivity contribution is 9.10. The molecule has 0 bridgehead atoms. The first-order valence-corrected chi connectivity index (χ1v) is 8.76. The summed E-state index contributed by atoms with van der Waals surface area (Å²) in [6, 6.07) is 9.98. The number of aromatic nitrogens is 2. The number of imidazole rings is 1. The van der Waals surface area contributed by atoms with Gasteiger partial charge in [-0.1, -0.05) is 0 Å². The minimum atomic E-state index is 0.440. The third-order valence-corrected chi connectivity index (χ3v) is 4.83. The van der Waals surface area contributed by atoms with E-state index < -0.39 is 0 Å². The number of methoxy groups -OCH3 is 2. The van der Waals surface area contributed by atoms with Crippen LogP contribution >= 0.6 is 15.9 Å². The van der Waals surface area contributed by atoms with Crippen LogP contribution in [-0.2, 0) is 0 Å². The molecule has 0 fully saturated rings. The van der Waals surface area contributed by atoms with Crippen LogP contribution in [0.4, 0.5) is 0 Å². The standard InChI is InChI=1S/C20H18BrN3O2/c1-11-5-16-17(6-12(11)2)24-20(23-16)14(10-22)7-13-8-15(21)19(26-4)18(9-13)25-3/h5-9H,1-4H3,(H,23,24)/b14-7-. The van der Waals surface area contributed by atoms with Crippen LogP contribution in [0.15, 0.2) is 28.7 Å². The number of aryl methyl sites for hydroxylation is 2. The van der Waals surface area contributed by atoms with E-state index in [1.165, 1.54) is 11.1 Å². The summed E-state index contributed by atoms with van der Waals surface area (Å²) in [5.74, 6) is 1.73. The molecule has 3 aromatic rings. The van der Waals surface area contributed by atoms with Crippen LogP contribution in [0.5, 0.6) is 11.5 Å². The average molecular weight is 412 g/mol. The lowest BCUT2D eigenvalue weighted by molar-refractivity contribution is 0.353. The predicted octanol–water partition coefficient (Wildman–Crippen LogP) is 5.02. The topological polar surface area (TPSA) is 70.9 Å². The van der Waals surface area contributed by atoms with Crippen LogP contribution in [0, 0.1) is 25.2 Å². The summed E-state index contributed by atoms with van der Waals surface area (Å²) in [4.78, 5) is 7.80. The second kappa shape index (κ2) is 7.22. The second-order valence-electron chi connectivity index (χ2n) is 5.95. The Morgan fingerprint density at radius 2 is 1.88 bits per heavy atom. The fraction of sp³-hybridized carbons (Fsp3) is 0.200. The fourth-order valence-corrected chi connectivity index (χ4v) is 3.36. The Hall–Kier alpha value is -2.78. The van der Waals surface area contributed by atoms with Crippen LogP contribution in [0.25, 0.3) is 22.7 Å². The van der Waals surface area contributed by atoms with Gasteiger partial charge in [-0.25, -0.2) is 4.98 Å². The Kier molecular flexibility index (Phi) is 5.01. The van der Waals surface area contributed by atoms with E-state index in [9.17, 15) is 5.26 Å². The molecule has 2 aromatic carbocycles. The number of H-pyrrole nitrogens is 1. The molecule has 0 saturated carbocycles. The lowest BCUT2D eigenvalue weighted by atomic mass is 10.1. The molecular weight excluding hydrogens is 394 g/mol. The Balaban J connectivity index is 2.09. The van der Waals surface area contributed by atoms with E-state index in [4.69, 9.17) is 9.47 Å². The van der Waals surface area contributed by atoms with Gasteiger partial charge in [-0.2, -0.15) is 5.26 Å². The molecule has 26 heavy (non-hydrogen) atoms. The van der Waals surface area contributed by atoms with Gasteiger partial charge in [0.15, 0.2) is 11.5 Å².